The molecule has 0 saturated heterocycles. The summed E-state index contributed by atoms with van der Waals surface area (Å²) in [6.07, 6.45) is 5.58. The van der Waals surface area contributed by atoms with Crippen LogP contribution >= 0.6 is 15.8 Å². The molecule has 8 aromatic rings. The molecule has 0 N–H and O–H groups in total. The Bertz CT molecular complexity index is 1900. The standard InChI is InChI=1S/2C21H16P.C5H8.Zr/c2*1-3-11-19(12-4-1)22(20-13-5-2-6-14-20)21-15-17-9-7-8-10-18(17)16-21;1-3-5-4-2;/h2*1-16H;3-5H,1H2,2H3;/q2*-1;;+2. The van der Waals surface area contributed by atoms with Gasteiger partial charge in [0.05, 0.1) is 0 Å². The molecule has 0 amide bonds. The van der Waals surface area contributed by atoms with Crippen LogP contribution in [0.4, 0.5) is 0 Å². The van der Waals surface area contributed by atoms with Crippen LogP contribution in [0, 0.1) is 0 Å². The Kier molecular flexibility index (Phi) is 14.2. The monoisotopic (exact) mass is 756 g/mol. The van der Waals surface area contributed by atoms with Crippen molar-refractivity contribution >= 4 is 69.2 Å². The molecule has 0 unspecified atom stereocenters. The van der Waals surface area contributed by atoms with Crippen LogP contribution in [-0.2, 0) is 26.2 Å². The van der Waals surface area contributed by atoms with Gasteiger partial charge in [-0.3, -0.25) is 0 Å². The van der Waals surface area contributed by atoms with Crippen LogP contribution < -0.4 is 31.8 Å². The predicted molar refractivity (Wildman–Crippen MR) is 222 cm³/mol. The molecule has 0 aliphatic rings. The zero-order valence-electron chi connectivity index (χ0n) is 28.3. The van der Waals surface area contributed by atoms with Crippen molar-refractivity contribution in [3.8, 4) is 0 Å². The third-order valence-corrected chi connectivity index (χ3v) is 12.9. The number of rotatable bonds is 7. The zero-order chi connectivity index (χ0) is 33.7. The van der Waals surface area contributed by atoms with Gasteiger partial charge in [0.15, 0.2) is 0 Å². The van der Waals surface area contributed by atoms with E-state index < -0.39 is 15.8 Å². The summed E-state index contributed by atoms with van der Waals surface area (Å²) < 4.78 is 0. The third-order valence-electron chi connectivity index (χ3n) is 8.11. The molecule has 0 radical (unpaired) electrons. The quantitative estimate of drug-likeness (QED) is 0.0863. The molecule has 0 nitrogen and oxygen atoms in total. The fourth-order valence-electron chi connectivity index (χ4n) is 5.87. The predicted octanol–water partition coefficient (Wildman–Crippen LogP) is 10.4. The van der Waals surface area contributed by atoms with Crippen LogP contribution in [0.3, 0.4) is 0 Å². The van der Waals surface area contributed by atoms with Crippen molar-refractivity contribution in [1.82, 2.24) is 0 Å². The maximum atomic E-state index is 3.46. The summed E-state index contributed by atoms with van der Waals surface area (Å²) in [4.78, 5) is 0. The van der Waals surface area contributed by atoms with Gasteiger partial charge in [-0.05, 0) is 44.0 Å². The number of allylic oxidation sites excluding steroid dienone is 3. The zero-order valence-corrected chi connectivity index (χ0v) is 32.6. The molecule has 8 rings (SSSR count). The maximum Gasteiger partial charge on any atom is 2.00 e. The Morgan fingerprint density at radius 3 is 1.00 bits per heavy atom. The molecular weight excluding hydrogens is 718 g/mol. The molecule has 0 aromatic heterocycles. The number of hydrogen-bond donors (Lipinski definition) is 0. The summed E-state index contributed by atoms with van der Waals surface area (Å²) in [5.74, 6) is 0. The topological polar surface area (TPSA) is 0 Å². The third kappa shape index (κ3) is 9.50. The molecule has 0 aliphatic heterocycles. The van der Waals surface area contributed by atoms with Gasteiger partial charge in [0.25, 0.3) is 0 Å². The Labute approximate surface area is 319 Å². The first kappa shape index (κ1) is 37.0. The van der Waals surface area contributed by atoms with Crippen molar-refractivity contribution in [2.75, 3.05) is 0 Å². The minimum Gasteiger partial charge on any atom is -0.160 e. The van der Waals surface area contributed by atoms with Crippen LogP contribution in [0.15, 0.2) is 219 Å². The molecule has 0 heterocycles. The van der Waals surface area contributed by atoms with Crippen LogP contribution in [0.1, 0.15) is 6.92 Å². The molecule has 3 heteroatoms. The van der Waals surface area contributed by atoms with Gasteiger partial charge < -0.3 is 0 Å². The summed E-state index contributed by atoms with van der Waals surface area (Å²) >= 11 is 0. The second-order valence-corrected chi connectivity index (χ2v) is 15.9. The molecule has 0 aliphatic carbocycles. The van der Waals surface area contributed by atoms with Gasteiger partial charge in [0.2, 0.25) is 0 Å². The number of hydrogen-bond acceptors (Lipinski definition) is 0. The average molecular weight is 758 g/mol. The van der Waals surface area contributed by atoms with Gasteiger partial charge >= 0.3 is 26.2 Å². The molecular formula is C47H40P2Zr. The van der Waals surface area contributed by atoms with Crippen LogP contribution in [-0.4, -0.2) is 0 Å². The van der Waals surface area contributed by atoms with Crippen molar-refractivity contribution in [1.29, 1.82) is 0 Å². The first-order valence-corrected chi connectivity index (χ1v) is 19.3. The van der Waals surface area contributed by atoms with Crippen molar-refractivity contribution in [3.63, 3.8) is 0 Å². The van der Waals surface area contributed by atoms with Crippen LogP contribution in [0.2, 0.25) is 0 Å². The molecule has 8 aromatic carbocycles. The SMILES string of the molecule is C=CC=CC.[Zr+2].c1ccc(P(c2ccccc2)c2cc3ccccc3[cH-]2)cc1.c1ccc(P(c2ccccc2)c2cc3ccccc3[cH-]2)cc1. The second kappa shape index (κ2) is 19.2. The van der Waals surface area contributed by atoms with Gasteiger partial charge in [0.1, 0.15) is 0 Å². The first-order valence-electron chi connectivity index (χ1n) is 16.6. The maximum absolute atomic E-state index is 3.46. The van der Waals surface area contributed by atoms with Crippen molar-refractivity contribution in [2.45, 2.75) is 6.92 Å². The van der Waals surface area contributed by atoms with E-state index in [-0.39, 0.29) is 26.2 Å². The summed E-state index contributed by atoms with van der Waals surface area (Å²) in [5, 5.41) is 13.8. The summed E-state index contributed by atoms with van der Waals surface area (Å²) in [5.41, 5.74) is 0. The molecule has 50 heavy (non-hydrogen) atoms. The number of fused-ring (bicyclic) bond motifs is 2. The fraction of sp³-hybridized carbons (Fsp3) is 0.0213. The van der Waals surface area contributed by atoms with E-state index in [4.69, 9.17) is 0 Å². The summed E-state index contributed by atoms with van der Waals surface area (Å²) in [7, 11) is -0.986. The van der Waals surface area contributed by atoms with E-state index in [1.165, 1.54) is 53.4 Å². The van der Waals surface area contributed by atoms with Crippen molar-refractivity contribution < 1.29 is 26.2 Å². The summed E-state index contributed by atoms with van der Waals surface area (Å²) in [6.45, 7) is 5.42. The van der Waals surface area contributed by atoms with E-state index in [2.05, 4.69) is 201 Å². The first-order chi connectivity index (χ1) is 24.2. The van der Waals surface area contributed by atoms with E-state index >= 15 is 0 Å². The Hall–Kier alpha value is -4.24. The van der Waals surface area contributed by atoms with Crippen LogP contribution in [0.25, 0.3) is 21.5 Å². The van der Waals surface area contributed by atoms with Crippen molar-refractivity contribution in [3.05, 3.63) is 219 Å². The van der Waals surface area contributed by atoms with Gasteiger partial charge in [-0.25, -0.2) is 0 Å². The van der Waals surface area contributed by atoms with E-state index in [1.807, 2.05) is 19.1 Å². The Balaban J connectivity index is 0.000000169. The van der Waals surface area contributed by atoms with Gasteiger partial charge in [-0.2, -0.15) is 12.1 Å². The van der Waals surface area contributed by atoms with Gasteiger partial charge in [-0.1, -0.05) is 158 Å². The van der Waals surface area contributed by atoms with E-state index in [0.717, 1.165) is 0 Å². The fourth-order valence-corrected chi connectivity index (χ4v) is 10.6. The van der Waals surface area contributed by atoms with E-state index in [9.17, 15) is 0 Å². The van der Waals surface area contributed by atoms with E-state index in [1.54, 1.807) is 6.08 Å². The summed E-state index contributed by atoms with van der Waals surface area (Å²) in [6, 6.07) is 70.0. The Morgan fingerprint density at radius 2 is 0.740 bits per heavy atom. The minimum atomic E-state index is -0.493. The molecule has 0 bridgehead atoms. The smallest absolute Gasteiger partial charge is 0.160 e. The largest absolute Gasteiger partial charge is 2.00 e. The molecule has 0 spiro atoms. The average Bonchev–Trinajstić information content (AvgIpc) is 3.79. The molecule has 0 fully saturated rings. The molecule has 242 valence electrons. The molecule has 0 atom stereocenters. The van der Waals surface area contributed by atoms with Crippen LogP contribution in [0.5, 0.6) is 0 Å². The number of benzene rings is 6. The second-order valence-electron chi connectivity index (χ2n) is 11.5. The van der Waals surface area contributed by atoms with E-state index in [0.29, 0.717) is 0 Å². The van der Waals surface area contributed by atoms with Gasteiger partial charge in [-0.15, -0.1) is 80.7 Å². The Morgan fingerprint density at radius 1 is 0.440 bits per heavy atom. The van der Waals surface area contributed by atoms with Crippen molar-refractivity contribution in [2.24, 2.45) is 0 Å². The minimum absolute atomic E-state index is 0. The molecule has 0 saturated carbocycles. The van der Waals surface area contributed by atoms with Gasteiger partial charge in [0, 0.05) is 0 Å². The normalized spacial score (nSPS) is 10.7.